The maximum atomic E-state index is 11.7. The molecule has 0 bridgehead atoms. The van der Waals surface area contributed by atoms with Gasteiger partial charge in [0.2, 0.25) is 0 Å². The molecule has 0 spiro atoms. The lowest BCUT2D eigenvalue weighted by molar-refractivity contribution is 0.0953. The minimum absolute atomic E-state index is 0.159. The van der Waals surface area contributed by atoms with Crippen molar-refractivity contribution in [3.8, 4) is 0 Å². The minimum Gasteiger partial charge on any atom is -0.352 e. The lowest BCUT2D eigenvalue weighted by atomic mass is 10.2. The molecule has 6 heteroatoms. The van der Waals surface area contributed by atoms with Gasteiger partial charge in [-0.15, -0.1) is 0 Å². The molecule has 0 aliphatic rings. The van der Waals surface area contributed by atoms with Gasteiger partial charge in [0.05, 0.1) is 11.9 Å². The van der Waals surface area contributed by atoms with E-state index >= 15 is 0 Å². The number of hydrogen-bond donors (Lipinski definition) is 2. The van der Waals surface area contributed by atoms with Gasteiger partial charge >= 0.3 is 0 Å². The van der Waals surface area contributed by atoms with Crippen molar-refractivity contribution in [3.63, 3.8) is 0 Å². The van der Waals surface area contributed by atoms with Crippen molar-refractivity contribution in [2.45, 2.75) is 6.42 Å². The number of nitrogens with zero attached hydrogens (tertiary/aromatic N) is 2. The predicted octanol–water partition coefficient (Wildman–Crippen LogP) is 1.43. The third-order valence-corrected chi connectivity index (χ3v) is 2.45. The maximum Gasteiger partial charge on any atom is 0.252 e. The average Bonchev–Trinajstić information content (AvgIpc) is 2.83. The standard InChI is InChI=1S/C11H11ClN4O/c12-10-2-1-8(5-15-10)11(17)14-4-3-9-6-13-7-16-9/h1-2,5-7H,3-4H2,(H,13,16)(H,14,17). The van der Waals surface area contributed by atoms with Crippen LogP contribution < -0.4 is 5.32 Å². The molecule has 0 aliphatic heterocycles. The van der Waals surface area contributed by atoms with Crippen molar-refractivity contribution in [2.75, 3.05) is 6.54 Å². The van der Waals surface area contributed by atoms with Crippen molar-refractivity contribution >= 4 is 17.5 Å². The number of hydrogen-bond acceptors (Lipinski definition) is 3. The number of pyridine rings is 1. The van der Waals surface area contributed by atoms with Crippen molar-refractivity contribution in [2.24, 2.45) is 0 Å². The second kappa shape index (κ2) is 5.45. The monoisotopic (exact) mass is 250 g/mol. The Balaban J connectivity index is 1.83. The number of nitrogens with one attached hydrogen (secondary N) is 2. The summed E-state index contributed by atoms with van der Waals surface area (Å²) in [6.07, 6.45) is 5.51. The van der Waals surface area contributed by atoms with Gasteiger partial charge < -0.3 is 10.3 Å². The average molecular weight is 251 g/mol. The zero-order valence-corrected chi connectivity index (χ0v) is 9.74. The Labute approximate surface area is 103 Å². The number of imidazole rings is 1. The van der Waals surface area contributed by atoms with E-state index in [2.05, 4.69) is 20.3 Å². The third-order valence-electron chi connectivity index (χ3n) is 2.22. The summed E-state index contributed by atoms with van der Waals surface area (Å²) in [5, 5.41) is 3.16. The molecule has 0 radical (unpaired) electrons. The van der Waals surface area contributed by atoms with Crippen LogP contribution in [0.3, 0.4) is 0 Å². The number of H-pyrrole nitrogens is 1. The number of carbonyl (C=O) groups is 1. The topological polar surface area (TPSA) is 70.7 Å². The fourth-order valence-electron chi connectivity index (χ4n) is 1.34. The lowest BCUT2D eigenvalue weighted by Gasteiger charge is -2.03. The molecule has 0 fully saturated rings. The second-order valence-electron chi connectivity index (χ2n) is 3.45. The summed E-state index contributed by atoms with van der Waals surface area (Å²) in [6.45, 7) is 0.545. The van der Waals surface area contributed by atoms with Crippen LogP contribution in [0.4, 0.5) is 0 Å². The quantitative estimate of drug-likeness (QED) is 0.807. The first kappa shape index (κ1) is 11.6. The van der Waals surface area contributed by atoms with Crippen molar-refractivity contribution in [1.82, 2.24) is 20.3 Å². The van der Waals surface area contributed by atoms with Gasteiger partial charge in [-0.1, -0.05) is 11.6 Å². The van der Waals surface area contributed by atoms with E-state index in [1.165, 1.54) is 6.20 Å². The molecular formula is C11H11ClN4O. The summed E-state index contributed by atoms with van der Waals surface area (Å²) in [6, 6.07) is 3.23. The SMILES string of the molecule is O=C(NCCc1cnc[nH]1)c1ccc(Cl)nc1. The highest BCUT2D eigenvalue weighted by atomic mass is 35.5. The Kier molecular flexibility index (Phi) is 3.72. The van der Waals surface area contributed by atoms with Gasteiger partial charge in [-0.2, -0.15) is 0 Å². The fourth-order valence-corrected chi connectivity index (χ4v) is 1.46. The Hall–Kier alpha value is -1.88. The first-order valence-electron chi connectivity index (χ1n) is 5.13. The number of aromatic amines is 1. The molecule has 2 aromatic heterocycles. The van der Waals surface area contributed by atoms with E-state index in [4.69, 9.17) is 11.6 Å². The molecule has 2 aromatic rings. The molecular weight excluding hydrogens is 240 g/mol. The van der Waals surface area contributed by atoms with E-state index in [9.17, 15) is 4.79 Å². The molecule has 2 N–H and O–H groups in total. The van der Waals surface area contributed by atoms with Gasteiger partial charge in [0.1, 0.15) is 5.15 Å². The molecule has 0 aliphatic carbocycles. The molecule has 0 unspecified atom stereocenters. The maximum absolute atomic E-state index is 11.7. The third kappa shape index (κ3) is 3.29. The number of amides is 1. The molecule has 88 valence electrons. The molecule has 5 nitrogen and oxygen atoms in total. The van der Waals surface area contributed by atoms with Crippen LogP contribution in [0.1, 0.15) is 16.1 Å². The Morgan fingerprint density at radius 1 is 1.41 bits per heavy atom. The molecule has 2 rings (SSSR count). The van der Waals surface area contributed by atoms with Gasteiger partial charge in [-0.3, -0.25) is 4.79 Å². The van der Waals surface area contributed by atoms with E-state index in [0.29, 0.717) is 23.7 Å². The highest BCUT2D eigenvalue weighted by Gasteiger charge is 2.05. The van der Waals surface area contributed by atoms with Crippen LogP contribution in [0.15, 0.2) is 30.9 Å². The van der Waals surface area contributed by atoms with E-state index < -0.39 is 0 Å². The summed E-state index contributed by atoms with van der Waals surface area (Å²) in [5.41, 5.74) is 1.48. The second-order valence-corrected chi connectivity index (χ2v) is 3.84. The van der Waals surface area contributed by atoms with Crippen LogP contribution in [-0.2, 0) is 6.42 Å². The summed E-state index contributed by atoms with van der Waals surface area (Å²) in [4.78, 5) is 22.4. The molecule has 17 heavy (non-hydrogen) atoms. The summed E-state index contributed by atoms with van der Waals surface area (Å²) < 4.78 is 0. The smallest absolute Gasteiger partial charge is 0.252 e. The van der Waals surface area contributed by atoms with Crippen LogP contribution >= 0.6 is 11.6 Å². The highest BCUT2D eigenvalue weighted by molar-refractivity contribution is 6.29. The van der Waals surface area contributed by atoms with E-state index in [1.807, 2.05) is 0 Å². The van der Waals surface area contributed by atoms with Gasteiger partial charge in [-0.05, 0) is 12.1 Å². The van der Waals surface area contributed by atoms with Crippen LogP contribution in [0.25, 0.3) is 0 Å². The van der Waals surface area contributed by atoms with Crippen molar-refractivity contribution in [1.29, 1.82) is 0 Å². The Morgan fingerprint density at radius 2 is 2.29 bits per heavy atom. The number of rotatable bonds is 4. The molecule has 0 saturated heterocycles. The summed E-state index contributed by atoms with van der Waals surface area (Å²) in [5.74, 6) is -0.159. The van der Waals surface area contributed by atoms with E-state index in [-0.39, 0.29) is 5.91 Å². The van der Waals surface area contributed by atoms with Crippen molar-refractivity contribution < 1.29 is 4.79 Å². The molecule has 2 heterocycles. The minimum atomic E-state index is -0.159. The molecule has 0 atom stereocenters. The lowest BCUT2D eigenvalue weighted by Crippen LogP contribution is -2.25. The summed E-state index contributed by atoms with van der Waals surface area (Å²) >= 11 is 5.63. The predicted molar refractivity (Wildman–Crippen MR) is 63.9 cm³/mol. The summed E-state index contributed by atoms with van der Waals surface area (Å²) in [7, 11) is 0. The van der Waals surface area contributed by atoms with Crippen LogP contribution in [0.5, 0.6) is 0 Å². The largest absolute Gasteiger partial charge is 0.352 e. The number of aromatic nitrogens is 3. The first-order chi connectivity index (χ1) is 8.25. The fraction of sp³-hybridized carbons (Fsp3) is 0.182. The first-order valence-corrected chi connectivity index (χ1v) is 5.50. The van der Waals surface area contributed by atoms with Gasteiger partial charge in [0.15, 0.2) is 0 Å². The molecule has 1 amide bonds. The Bertz CT molecular complexity index is 481. The molecule has 0 aromatic carbocycles. The Morgan fingerprint density at radius 3 is 2.94 bits per heavy atom. The zero-order valence-electron chi connectivity index (χ0n) is 8.98. The molecule has 0 saturated carbocycles. The number of carbonyl (C=O) groups excluding carboxylic acids is 1. The van der Waals surface area contributed by atoms with E-state index in [0.717, 1.165) is 5.69 Å². The van der Waals surface area contributed by atoms with E-state index in [1.54, 1.807) is 24.7 Å². The van der Waals surface area contributed by atoms with Gasteiger partial charge in [-0.25, -0.2) is 9.97 Å². The normalized spacial score (nSPS) is 10.2. The zero-order chi connectivity index (χ0) is 12.1. The van der Waals surface area contributed by atoms with Crippen LogP contribution in [0, 0.1) is 0 Å². The highest BCUT2D eigenvalue weighted by Crippen LogP contribution is 2.04. The van der Waals surface area contributed by atoms with Gasteiger partial charge in [0.25, 0.3) is 5.91 Å². The van der Waals surface area contributed by atoms with Gasteiger partial charge in [0, 0.05) is 31.1 Å². The van der Waals surface area contributed by atoms with Crippen LogP contribution in [0.2, 0.25) is 5.15 Å². The van der Waals surface area contributed by atoms with Crippen LogP contribution in [-0.4, -0.2) is 27.4 Å². The number of halogens is 1. The van der Waals surface area contributed by atoms with Crippen molar-refractivity contribution in [3.05, 3.63) is 47.3 Å².